The van der Waals surface area contributed by atoms with Crippen molar-refractivity contribution >= 4 is 16.8 Å². The number of aromatic nitrogens is 2. The lowest BCUT2D eigenvalue weighted by Gasteiger charge is -2.34. The molecule has 0 spiro atoms. The molecule has 1 aromatic carbocycles. The molecule has 1 unspecified atom stereocenters. The average molecular weight is 372 g/mol. The largest absolute Gasteiger partial charge is 0.348 e. The highest BCUT2D eigenvalue weighted by Crippen LogP contribution is 2.29. The number of para-hydroxylation sites is 1. The fourth-order valence-corrected chi connectivity index (χ4v) is 4.04. The molecule has 0 saturated heterocycles. The lowest BCUT2D eigenvalue weighted by Crippen LogP contribution is -3.11. The van der Waals surface area contributed by atoms with Gasteiger partial charge in [0.2, 0.25) is 0 Å². The van der Waals surface area contributed by atoms with Gasteiger partial charge in [0.05, 0.1) is 17.4 Å². The van der Waals surface area contributed by atoms with E-state index in [0.717, 1.165) is 17.9 Å². The van der Waals surface area contributed by atoms with Crippen molar-refractivity contribution in [1.29, 1.82) is 0 Å². The van der Waals surface area contributed by atoms with E-state index in [2.05, 4.69) is 29.1 Å². The molecule has 1 aliphatic carbocycles. The van der Waals surface area contributed by atoms with Crippen LogP contribution in [-0.2, 0) is 11.3 Å². The molecule has 1 saturated carbocycles. The summed E-state index contributed by atoms with van der Waals surface area (Å²) in [5, 5.41) is 3.83. The Morgan fingerprint density at radius 3 is 2.85 bits per heavy atom. The number of hydrogen-bond acceptors (Lipinski definition) is 3. The first-order valence-electron chi connectivity index (χ1n) is 10.1. The quantitative estimate of drug-likeness (QED) is 0.715. The van der Waals surface area contributed by atoms with Crippen molar-refractivity contribution in [3.05, 3.63) is 40.4 Å². The second-order valence-corrected chi connectivity index (χ2v) is 7.93. The van der Waals surface area contributed by atoms with Crippen LogP contribution in [0.25, 0.3) is 10.9 Å². The van der Waals surface area contributed by atoms with Gasteiger partial charge in [-0.3, -0.25) is 9.59 Å². The average Bonchev–Trinajstić information content (AvgIpc) is 2.65. The van der Waals surface area contributed by atoms with Gasteiger partial charge in [0.15, 0.2) is 12.4 Å². The van der Waals surface area contributed by atoms with Crippen LogP contribution >= 0.6 is 0 Å². The number of quaternary nitrogens is 1. The molecule has 1 aliphatic rings. The maximum Gasteiger partial charge on any atom is 0.275 e. The molecule has 6 heteroatoms. The van der Waals surface area contributed by atoms with Crippen LogP contribution in [0.3, 0.4) is 0 Å². The van der Waals surface area contributed by atoms with Gasteiger partial charge in [0.25, 0.3) is 11.5 Å². The molecule has 3 rings (SSSR count). The van der Waals surface area contributed by atoms with E-state index in [0.29, 0.717) is 41.7 Å². The van der Waals surface area contributed by atoms with Crippen molar-refractivity contribution in [1.82, 2.24) is 15.3 Å². The Morgan fingerprint density at radius 2 is 2.07 bits per heavy atom. The third-order valence-electron chi connectivity index (χ3n) is 6.04. The van der Waals surface area contributed by atoms with Gasteiger partial charge in [0, 0.05) is 6.04 Å². The maximum atomic E-state index is 12.6. The molecule has 1 amide bonds. The van der Waals surface area contributed by atoms with Crippen LogP contribution in [0, 0.1) is 11.8 Å². The summed E-state index contributed by atoms with van der Waals surface area (Å²) >= 11 is 0. The van der Waals surface area contributed by atoms with E-state index in [1.54, 1.807) is 6.07 Å². The molecule has 2 aromatic rings. The van der Waals surface area contributed by atoms with Gasteiger partial charge >= 0.3 is 0 Å². The third-order valence-corrected chi connectivity index (χ3v) is 6.04. The fraction of sp³-hybridized carbons (Fsp3) is 0.571. The number of H-pyrrole nitrogens is 1. The highest BCUT2D eigenvalue weighted by Gasteiger charge is 2.29. The highest BCUT2D eigenvalue weighted by atomic mass is 16.2. The number of rotatable bonds is 6. The molecule has 0 aliphatic heterocycles. The number of fused-ring (bicyclic) bond motifs is 1. The number of nitrogens with zero attached hydrogens (tertiary/aromatic N) is 1. The minimum Gasteiger partial charge on any atom is -0.348 e. The summed E-state index contributed by atoms with van der Waals surface area (Å²) in [6, 6.07) is 7.61. The Labute approximate surface area is 160 Å². The van der Waals surface area contributed by atoms with Gasteiger partial charge in [-0.2, -0.15) is 0 Å². The van der Waals surface area contributed by atoms with E-state index < -0.39 is 0 Å². The molecule has 0 radical (unpaired) electrons. The normalized spacial score (nSPS) is 23.9. The van der Waals surface area contributed by atoms with E-state index in [4.69, 9.17) is 0 Å². The van der Waals surface area contributed by atoms with Gasteiger partial charge in [0.1, 0.15) is 6.54 Å². The summed E-state index contributed by atoms with van der Waals surface area (Å²) in [5.74, 6) is 1.89. The predicted octanol–water partition coefficient (Wildman–Crippen LogP) is 1.27. The Morgan fingerprint density at radius 1 is 1.30 bits per heavy atom. The minimum absolute atomic E-state index is 0.0842. The third kappa shape index (κ3) is 4.75. The number of aromatic amines is 1. The molecular weight excluding hydrogens is 340 g/mol. The van der Waals surface area contributed by atoms with Crippen molar-refractivity contribution in [2.24, 2.45) is 11.8 Å². The monoisotopic (exact) mass is 371 g/mol. The maximum absolute atomic E-state index is 12.6. The highest BCUT2D eigenvalue weighted by molar-refractivity contribution is 5.77. The van der Waals surface area contributed by atoms with Crippen LogP contribution < -0.4 is 15.8 Å². The first kappa shape index (κ1) is 19.5. The summed E-state index contributed by atoms with van der Waals surface area (Å²) in [7, 11) is 0. The number of carbonyl (C=O) groups excluding carboxylic acids is 1. The molecule has 3 N–H and O–H groups in total. The fourth-order valence-electron chi connectivity index (χ4n) is 4.04. The van der Waals surface area contributed by atoms with E-state index in [-0.39, 0.29) is 17.5 Å². The number of likely N-dealkylation sites (N-methyl/N-ethyl adjacent to an activating group) is 1. The van der Waals surface area contributed by atoms with Crippen LogP contribution in [0.15, 0.2) is 29.1 Å². The number of amides is 1. The van der Waals surface area contributed by atoms with E-state index >= 15 is 0 Å². The number of hydrogen-bond donors (Lipinski definition) is 3. The molecule has 6 nitrogen and oxygen atoms in total. The van der Waals surface area contributed by atoms with Crippen molar-refractivity contribution < 1.29 is 9.69 Å². The molecule has 1 fully saturated rings. The number of benzene rings is 1. The molecule has 1 heterocycles. The summed E-state index contributed by atoms with van der Waals surface area (Å²) in [5.41, 5.74) is 0.571. The van der Waals surface area contributed by atoms with E-state index in [1.807, 2.05) is 25.1 Å². The Bertz CT molecular complexity index is 847. The van der Waals surface area contributed by atoms with Gasteiger partial charge in [-0.1, -0.05) is 38.8 Å². The van der Waals surface area contributed by atoms with Crippen LogP contribution in [-0.4, -0.2) is 35.0 Å². The molecule has 146 valence electrons. The summed E-state index contributed by atoms with van der Waals surface area (Å²) in [6.07, 6.45) is 3.50. The first-order chi connectivity index (χ1) is 13.0. The molecule has 1 aromatic heterocycles. The topological polar surface area (TPSA) is 79.3 Å². The van der Waals surface area contributed by atoms with Gasteiger partial charge in [-0.15, -0.1) is 0 Å². The van der Waals surface area contributed by atoms with Crippen molar-refractivity contribution in [2.75, 3.05) is 13.1 Å². The predicted molar refractivity (Wildman–Crippen MR) is 107 cm³/mol. The Kier molecular flexibility index (Phi) is 6.26. The van der Waals surface area contributed by atoms with Crippen molar-refractivity contribution in [3.63, 3.8) is 0 Å². The lowest BCUT2D eigenvalue weighted by molar-refractivity contribution is -0.904. The molecule has 27 heavy (non-hydrogen) atoms. The molecule has 0 bridgehead atoms. The molecule has 4 atom stereocenters. The lowest BCUT2D eigenvalue weighted by atomic mass is 9.78. The standard InChI is InChI=1S/C21H30N4O2/c1-4-25(13-20(26)23-17-11-7-8-14(2)15(17)3)12-19-22-18-10-6-5-9-16(18)21(27)24-19/h5-6,9-10,14-15,17H,4,7-8,11-13H2,1-3H3,(H,23,26)(H,22,24,27)/p+1/t14-,15-,17-/m0/s1. The zero-order valence-corrected chi connectivity index (χ0v) is 16.5. The summed E-state index contributed by atoms with van der Waals surface area (Å²) in [6.45, 7) is 8.27. The van der Waals surface area contributed by atoms with Crippen molar-refractivity contribution in [3.8, 4) is 0 Å². The first-order valence-corrected chi connectivity index (χ1v) is 10.1. The number of nitrogens with one attached hydrogen (secondary N) is 3. The Hall–Kier alpha value is -2.21. The van der Waals surface area contributed by atoms with Crippen LogP contribution in [0.4, 0.5) is 0 Å². The van der Waals surface area contributed by atoms with Crippen molar-refractivity contribution in [2.45, 2.75) is 52.6 Å². The van der Waals surface area contributed by atoms with Gasteiger partial charge in [-0.25, -0.2) is 4.98 Å². The Balaban J connectivity index is 1.63. The van der Waals surface area contributed by atoms with Crippen LogP contribution in [0.1, 0.15) is 45.9 Å². The van der Waals surface area contributed by atoms with E-state index in [1.165, 1.54) is 12.8 Å². The second-order valence-electron chi connectivity index (χ2n) is 7.93. The zero-order chi connectivity index (χ0) is 19.4. The van der Waals surface area contributed by atoms with E-state index in [9.17, 15) is 9.59 Å². The van der Waals surface area contributed by atoms with Crippen LogP contribution in [0.5, 0.6) is 0 Å². The molecular formula is C21H31N4O2+. The summed E-state index contributed by atoms with van der Waals surface area (Å²) < 4.78 is 0. The second kappa shape index (κ2) is 8.65. The zero-order valence-electron chi connectivity index (χ0n) is 16.5. The smallest absolute Gasteiger partial charge is 0.275 e. The van der Waals surface area contributed by atoms with Gasteiger partial charge in [-0.05, 0) is 37.3 Å². The SMILES string of the molecule is CC[NH+](CC(=O)N[C@H]1CCC[C@H](C)[C@@H]1C)Cc1nc2ccccc2c(=O)[nH]1. The summed E-state index contributed by atoms with van der Waals surface area (Å²) in [4.78, 5) is 33.3. The minimum atomic E-state index is -0.125. The number of carbonyl (C=O) groups is 1. The van der Waals surface area contributed by atoms with Crippen LogP contribution in [0.2, 0.25) is 0 Å². The van der Waals surface area contributed by atoms with Gasteiger partial charge < -0.3 is 15.2 Å².